The van der Waals surface area contributed by atoms with Crippen molar-refractivity contribution in [2.24, 2.45) is 5.92 Å². The van der Waals surface area contributed by atoms with Crippen molar-refractivity contribution in [3.63, 3.8) is 0 Å². The third-order valence-electron chi connectivity index (χ3n) is 8.34. The van der Waals surface area contributed by atoms with E-state index in [0.717, 1.165) is 48.3 Å². The summed E-state index contributed by atoms with van der Waals surface area (Å²) in [5, 5.41) is 3.20. The molecule has 1 amide bonds. The number of rotatable bonds is 6. The number of hydrogen-bond donors (Lipinski definition) is 2. The Balaban J connectivity index is 1.23. The third kappa shape index (κ3) is 3.91. The molecule has 3 heterocycles. The quantitative estimate of drug-likeness (QED) is 0.352. The van der Waals surface area contributed by atoms with Gasteiger partial charge in [0.25, 0.3) is 0 Å². The molecule has 2 bridgehead atoms. The highest BCUT2D eigenvalue weighted by molar-refractivity contribution is 9.11. The van der Waals surface area contributed by atoms with Crippen LogP contribution in [0.5, 0.6) is 0 Å². The summed E-state index contributed by atoms with van der Waals surface area (Å²) in [6.45, 7) is 4.97. The number of carbonyl (C=O) groups excluding carboxylic acids is 1. The fraction of sp³-hybridized carbons (Fsp3) is 0.500. The second kappa shape index (κ2) is 9.16. The number of halogens is 1. The van der Waals surface area contributed by atoms with E-state index in [1.807, 2.05) is 29.5 Å². The van der Waals surface area contributed by atoms with Gasteiger partial charge in [0.1, 0.15) is 5.82 Å². The van der Waals surface area contributed by atoms with Crippen molar-refractivity contribution in [1.29, 1.82) is 0 Å². The van der Waals surface area contributed by atoms with Gasteiger partial charge in [-0.25, -0.2) is 4.98 Å². The minimum atomic E-state index is -0.161. The fourth-order valence-electron chi connectivity index (χ4n) is 6.62. The number of carbonyl (C=O) groups is 1. The molecule has 2 fully saturated rings. The van der Waals surface area contributed by atoms with E-state index in [9.17, 15) is 4.79 Å². The number of benzene rings is 1. The van der Waals surface area contributed by atoms with Crippen LogP contribution in [0.3, 0.4) is 0 Å². The number of nitrogens with zero attached hydrogens (tertiary/aromatic N) is 2. The van der Waals surface area contributed by atoms with Gasteiger partial charge >= 0.3 is 0 Å². The van der Waals surface area contributed by atoms with Crippen LogP contribution in [0, 0.1) is 5.92 Å². The Morgan fingerprint density at radius 3 is 2.57 bits per heavy atom. The second-order valence-electron chi connectivity index (χ2n) is 10.7. The number of likely N-dealkylation sites (N-methyl/N-ethyl adjacent to an activating group) is 1. The lowest BCUT2D eigenvalue weighted by molar-refractivity contribution is -0.135. The van der Waals surface area contributed by atoms with Crippen molar-refractivity contribution < 1.29 is 4.79 Å². The lowest BCUT2D eigenvalue weighted by Crippen LogP contribution is -2.47. The number of aromatic nitrogens is 2. The Morgan fingerprint density at radius 1 is 1.14 bits per heavy atom. The van der Waals surface area contributed by atoms with Crippen LogP contribution in [0.4, 0.5) is 0 Å². The van der Waals surface area contributed by atoms with Crippen LogP contribution >= 0.6 is 27.3 Å². The van der Waals surface area contributed by atoms with Gasteiger partial charge in [0.15, 0.2) is 0 Å². The Bertz CT molecular complexity index is 1250. The number of amides is 1. The molecule has 2 aromatic heterocycles. The van der Waals surface area contributed by atoms with E-state index in [2.05, 4.69) is 64.3 Å². The molecule has 1 saturated heterocycles. The largest absolute Gasteiger partial charge is 0.340 e. The van der Waals surface area contributed by atoms with Crippen LogP contribution < -0.4 is 5.32 Å². The topological polar surface area (TPSA) is 61.0 Å². The maximum absolute atomic E-state index is 13.2. The number of nitrogens with one attached hydrogen (secondary N) is 2. The Morgan fingerprint density at radius 2 is 1.86 bits per heavy atom. The molecule has 1 aromatic carbocycles. The van der Waals surface area contributed by atoms with Gasteiger partial charge in [-0.15, -0.1) is 11.3 Å². The standard InChI is InChI=1S/C28H33BrN4OS/c1-15(2)24(30-3)28(34)33-12-4-5-21(33)27-31-14-20(32-27)16-6-8-17(9-7-16)25-22-18-10-11-19(13-18)23(22)26(29)35-25/h6-9,14-15,18-19,21,24,30H,4-5,10-13H2,1-3H3,(H,31,32)/t18?,19?,21-,24?/m0/s1. The molecular formula is C28H33BrN4OS. The SMILES string of the molecule is CNC(C(=O)N1CCC[C@H]1c1ncc(-c2ccc(-c3sc(Br)c4c3C3CCC4C3)cc2)[nH]1)C(C)C. The molecule has 5 nitrogen and oxygen atoms in total. The molecule has 2 aliphatic carbocycles. The van der Waals surface area contributed by atoms with Crippen molar-refractivity contribution in [2.45, 2.75) is 69.9 Å². The molecule has 7 heteroatoms. The summed E-state index contributed by atoms with van der Waals surface area (Å²) in [6.07, 6.45) is 7.92. The molecule has 3 aromatic rings. The van der Waals surface area contributed by atoms with Gasteiger partial charge in [-0.05, 0) is 95.1 Å². The predicted octanol–water partition coefficient (Wildman–Crippen LogP) is 6.84. The summed E-state index contributed by atoms with van der Waals surface area (Å²) in [7, 11) is 1.87. The molecular weight excluding hydrogens is 520 g/mol. The van der Waals surface area contributed by atoms with E-state index in [-0.39, 0.29) is 23.9 Å². The van der Waals surface area contributed by atoms with E-state index in [4.69, 9.17) is 4.98 Å². The number of imidazole rings is 1. The maximum Gasteiger partial charge on any atom is 0.240 e. The third-order valence-corrected chi connectivity index (χ3v) is 10.3. The Hall–Kier alpha value is -1.96. The monoisotopic (exact) mass is 552 g/mol. The van der Waals surface area contributed by atoms with Gasteiger partial charge in [0.2, 0.25) is 5.91 Å². The number of hydrogen-bond acceptors (Lipinski definition) is 4. The van der Waals surface area contributed by atoms with Crippen LogP contribution in [0.2, 0.25) is 0 Å². The van der Waals surface area contributed by atoms with Gasteiger partial charge in [0, 0.05) is 11.4 Å². The number of likely N-dealkylation sites (tertiary alicyclic amines) is 1. The van der Waals surface area contributed by atoms with Gasteiger partial charge in [-0.1, -0.05) is 38.1 Å². The van der Waals surface area contributed by atoms with Crippen LogP contribution in [0.1, 0.15) is 80.8 Å². The summed E-state index contributed by atoms with van der Waals surface area (Å²) >= 11 is 5.77. The highest BCUT2D eigenvalue weighted by atomic mass is 79.9. The minimum Gasteiger partial charge on any atom is -0.340 e. The molecule has 2 N–H and O–H groups in total. The normalized spacial score (nSPS) is 23.9. The summed E-state index contributed by atoms with van der Waals surface area (Å²) in [6, 6.07) is 8.77. The van der Waals surface area contributed by atoms with E-state index >= 15 is 0 Å². The molecule has 4 atom stereocenters. The average molecular weight is 554 g/mol. The zero-order valence-corrected chi connectivity index (χ0v) is 23.0. The van der Waals surface area contributed by atoms with Crippen molar-refractivity contribution in [3.8, 4) is 21.7 Å². The highest BCUT2D eigenvalue weighted by Crippen LogP contribution is 2.60. The maximum atomic E-state index is 13.2. The predicted molar refractivity (Wildman–Crippen MR) is 146 cm³/mol. The fourth-order valence-corrected chi connectivity index (χ4v) is 8.85. The number of thiophene rings is 1. The van der Waals surface area contributed by atoms with E-state index < -0.39 is 0 Å². The zero-order valence-electron chi connectivity index (χ0n) is 20.6. The first-order valence-corrected chi connectivity index (χ1v) is 14.5. The van der Waals surface area contributed by atoms with Crippen molar-refractivity contribution in [2.75, 3.05) is 13.6 Å². The number of fused-ring (bicyclic) bond motifs is 5. The van der Waals surface area contributed by atoms with Crippen LogP contribution in [-0.2, 0) is 4.79 Å². The molecule has 3 aliphatic rings. The number of aromatic amines is 1. The summed E-state index contributed by atoms with van der Waals surface area (Å²) in [5.41, 5.74) is 6.66. The molecule has 0 spiro atoms. The second-order valence-corrected chi connectivity index (χ2v) is 13.0. The summed E-state index contributed by atoms with van der Waals surface area (Å²) in [5.74, 6) is 2.83. The highest BCUT2D eigenvalue weighted by Gasteiger charge is 2.41. The smallest absolute Gasteiger partial charge is 0.240 e. The van der Waals surface area contributed by atoms with Crippen molar-refractivity contribution >= 4 is 33.2 Å². The van der Waals surface area contributed by atoms with E-state index in [1.165, 1.54) is 33.5 Å². The summed E-state index contributed by atoms with van der Waals surface area (Å²) in [4.78, 5) is 24.9. The van der Waals surface area contributed by atoms with Crippen LogP contribution in [0.25, 0.3) is 21.7 Å². The molecule has 1 aliphatic heterocycles. The molecule has 0 radical (unpaired) electrons. The van der Waals surface area contributed by atoms with Gasteiger partial charge in [-0.3, -0.25) is 4.79 Å². The number of H-pyrrole nitrogens is 1. The molecule has 184 valence electrons. The van der Waals surface area contributed by atoms with Gasteiger partial charge in [-0.2, -0.15) is 0 Å². The van der Waals surface area contributed by atoms with Gasteiger partial charge in [0.05, 0.1) is 27.8 Å². The van der Waals surface area contributed by atoms with Gasteiger partial charge < -0.3 is 15.2 Å². The lowest BCUT2D eigenvalue weighted by atomic mass is 9.92. The minimum absolute atomic E-state index is 0.0200. The first-order chi connectivity index (χ1) is 17.0. The molecule has 1 saturated carbocycles. The van der Waals surface area contributed by atoms with E-state index in [1.54, 1.807) is 11.1 Å². The van der Waals surface area contributed by atoms with E-state index in [0.29, 0.717) is 0 Å². The molecule has 6 rings (SSSR count). The van der Waals surface area contributed by atoms with Crippen molar-refractivity contribution in [3.05, 3.63) is 51.2 Å². The average Bonchev–Trinajstić information content (AvgIpc) is 3.67. The van der Waals surface area contributed by atoms with Crippen LogP contribution in [-0.4, -0.2) is 40.4 Å². The first-order valence-electron chi connectivity index (χ1n) is 12.9. The van der Waals surface area contributed by atoms with Crippen LogP contribution in [0.15, 0.2) is 34.2 Å². The Kier molecular flexibility index (Phi) is 6.14. The summed E-state index contributed by atoms with van der Waals surface area (Å²) < 4.78 is 1.34. The molecule has 3 unspecified atom stereocenters. The van der Waals surface area contributed by atoms with Crippen molar-refractivity contribution in [1.82, 2.24) is 20.2 Å². The molecule has 35 heavy (non-hydrogen) atoms. The zero-order chi connectivity index (χ0) is 24.3. The first kappa shape index (κ1) is 23.4. The lowest BCUT2D eigenvalue weighted by Gasteiger charge is -2.29. The Labute approximate surface area is 219 Å².